The predicted octanol–water partition coefficient (Wildman–Crippen LogP) is 3.19. The first-order valence-electron chi connectivity index (χ1n) is 11.9. The Bertz CT molecular complexity index is 1440. The maximum absolute atomic E-state index is 12.8. The number of aromatic nitrogens is 2. The van der Waals surface area contributed by atoms with Gasteiger partial charge in [-0.25, -0.2) is 4.79 Å². The smallest absolute Gasteiger partial charge is 0.331 e. The van der Waals surface area contributed by atoms with Gasteiger partial charge in [0.05, 0.1) is 13.7 Å². The van der Waals surface area contributed by atoms with Gasteiger partial charge in [-0.2, -0.15) is 0 Å². The third-order valence-electron chi connectivity index (χ3n) is 6.72. The van der Waals surface area contributed by atoms with Gasteiger partial charge in [-0.3, -0.25) is 19.1 Å². The van der Waals surface area contributed by atoms with E-state index in [9.17, 15) is 14.4 Å². The zero-order valence-electron chi connectivity index (χ0n) is 20.2. The van der Waals surface area contributed by atoms with Crippen LogP contribution >= 0.6 is 0 Å². The van der Waals surface area contributed by atoms with Crippen molar-refractivity contribution in [3.63, 3.8) is 0 Å². The zero-order valence-corrected chi connectivity index (χ0v) is 20.2. The van der Waals surface area contributed by atoms with Crippen molar-refractivity contribution < 1.29 is 19.0 Å². The summed E-state index contributed by atoms with van der Waals surface area (Å²) in [5, 5.41) is 0. The lowest BCUT2D eigenvalue weighted by Gasteiger charge is -2.41. The van der Waals surface area contributed by atoms with Crippen LogP contribution in [-0.2, 0) is 25.6 Å². The van der Waals surface area contributed by atoms with Crippen LogP contribution in [0.4, 0.5) is 0 Å². The molecule has 0 aliphatic carbocycles. The number of rotatable bonds is 8. The summed E-state index contributed by atoms with van der Waals surface area (Å²) in [6, 6.07) is 28.1. The minimum absolute atomic E-state index is 0.178. The molecule has 3 aromatic carbocycles. The van der Waals surface area contributed by atoms with Crippen LogP contribution in [0.15, 0.2) is 107 Å². The first kappa shape index (κ1) is 24.4. The van der Waals surface area contributed by atoms with Gasteiger partial charge >= 0.3 is 5.69 Å². The summed E-state index contributed by atoms with van der Waals surface area (Å²) in [5.41, 5.74) is -1.83. The highest BCUT2D eigenvalue weighted by Gasteiger charge is 2.53. The lowest BCUT2D eigenvalue weighted by molar-refractivity contribution is -0.174. The van der Waals surface area contributed by atoms with Gasteiger partial charge in [0.2, 0.25) is 5.72 Å². The van der Waals surface area contributed by atoms with Gasteiger partial charge in [-0.15, -0.1) is 0 Å². The van der Waals surface area contributed by atoms with Gasteiger partial charge in [-0.05, 0) is 28.8 Å². The highest BCUT2D eigenvalue weighted by Crippen LogP contribution is 2.45. The second kappa shape index (κ2) is 10.0. The number of carbonyl (C=O) groups is 1. The van der Waals surface area contributed by atoms with E-state index in [1.54, 1.807) is 7.11 Å². The molecule has 4 aromatic rings. The summed E-state index contributed by atoms with van der Waals surface area (Å²) in [6.45, 7) is 0.178. The van der Waals surface area contributed by atoms with Gasteiger partial charge in [-0.1, -0.05) is 72.8 Å². The lowest BCUT2D eigenvalue weighted by atomic mass is 9.79. The lowest BCUT2D eigenvalue weighted by Crippen LogP contribution is -2.54. The Hall–Kier alpha value is -4.27. The summed E-state index contributed by atoms with van der Waals surface area (Å²) in [4.78, 5) is 39.4. The molecule has 2 heterocycles. The average molecular weight is 499 g/mol. The van der Waals surface area contributed by atoms with Crippen molar-refractivity contribution in [2.45, 2.75) is 23.9 Å². The van der Waals surface area contributed by atoms with E-state index in [2.05, 4.69) is 4.98 Å². The summed E-state index contributed by atoms with van der Waals surface area (Å²) < 4.78 is 19.4. The Morgan fingerprint density at radius 3 is 2.05 bits per heavy atom. The Morgan fingerprint density at radius 1 is 0.919 bits per heavy atom. The molecule has 0 bridgehead atoms. The van der Waals surface area contributed by atoms with Crippen LogP contribution in [0.25, 0.3) is 0 Å². The molecular formula is C29H26N2O6. The van der Waals surface area contributed by atoms with E-state index < -0.39 is 28.7 Å². The van der Waals surface area contributed by atoms with E-state index in [1.165, 1.54) is 12.3 Å². The minimum Gasteiger partial charge on any atom is -0.497 e. The Morgan fingerprint density at radius 2 is 1.51 bits per heavy atom. The molecule has 37 heavy (non-hydrogen) atoms. The summed E-state index contributed by atoms with van der Waals surface area (Å²) in [5.74, 6) is 0.685. The molecule has 0 radical (unpaired) electrons. The van der Waals surface area contributed by atoms with Crippen molar-refractivity contribution in [2.75, 3.05) is 13.7 Å². The molecule has 1 saturated heterocycles. The number of aldehydes is 1. The number of hydrogen-bond acceptors (Lipinski definition) is 6. The minimum atomic E-state index is -1.78. The maximum Gasteiger partial charge on any atom is 0.331 e. The highest BCUT2D eigenvalue weighted by atomic mass is 16.6. The largest absolute Gasteiger partial charge is 0.497 e. The third-order valence-corrected chi connectivity index (χ3v) is 6.72. The van der Waals surface area contributed by atoms with Gasteiger partial charge in [0.1, 0.15) is 17.5 Å². The molecule has 188 valence electrons. The molecule has 2 unspecified atom stereocenters. The van der Waals surface area contributed by atoms with E-state index in [1.807, 2.05) is 84.9 Å². The van der Waals surface area contributed by atoms with Crippen molar-refractivity contribution in [1.29, 1.82) is 0 Å². The van der Waals surface area contributed by atoms with Gasteiger partial charge in [0, 0.05) is 18.7 Å². The molecular weight excluding hydrogens is 472 g/mol. The third kappa shape index (κ3) is 4.20. The second-order valence-corrected chi connectivity index (χ2v) is 8.74. The van der Waals surface area contributed by atoms with Crippen molar-refractivity contribution in [3.8, 4) is 5.75 Å². The van der Waals surface area contributed by atoms with Crippen LogP contribution in [0.1, 0.15) is 23.1 Å². The van der Waals surface area contributed by atoms with E-state index in [0.717, 1.165) is 21.3 Å². The number of methoxy groups -OCH3 is 1. The molecule has 0 amide bonds. The number of ether oxygens (including phenoxy) is 3. The second-order valence-electron chi connectivity index (χ2n) is 8.74. The fraction of sp³-hybridized carbons (Fsp3) is 0.207. The molecule has 2 atom stereocenters. The monoisotopic (exact) mass is 498 g/mol. The number of nitrogens with zero attached hydrogens (tertiary/aromatic N) is 1. The fourth-order valence-corrected chi connectivity index (χ4v) is 4.95. The molecule has 1 aliphatic heterocycles. The topological polar surface area (TPSA) is 99.6 Å². The molecule has 1 N–H and O–H groups in total. The molecule has 8 nitrogen and oxygen atoms in total. The van der Waals surface area contributed by atoms with Crippen LogP contribution in [0.2, 0.25) is 0 Å². The molecule has 1 aromatic heterocycles. The van der Waals surface area contributed by atoms with Crippen LogP contribution in [0.5, 0.6) is 5.75 Å². The van der Waals surface area contributed by atoms with E-state index >= 15 is 0 Å². The first-order chi connectivity index (χ1) is 18.0. The predicted molar refractivity (Wildman–Crippen MR) is 137 cm³/mol. The van der Waals surface area contributed by atoms with Gasteiger partial charge in [0.25, 0.3) is 5.56 Å². The van der Waals surface area contributed by atoms with Crippen LogP contribution < -0.4 is 16.0 Å². The van der Waals surface area contributed by atoms with Crippen molar-refractivity contribution in [3.05, 3.63) is 135 Å². The van der Waals surface area contributed by atoms with Crippen molar-refractivity contribution in [1.82, 2.24) is 9.55 Å². The average Bonchev–Trinajstić information content (AvgIpc) is 3.35. The standard InChI is InChI=1S/C29H26N2O6/c1-35-24-14-12-23(13-15-24)29(21-8-4-2-5-9-21,22-10-6-3-7-11-22)37-25-17-19-36-28(25,20-32)31-18-16-26(33)30-27(31)34/h2-16,18,20,25H,17,19H2,1H3,(H,30,33,34). The number of benzene rings is 3. The van der Waals surface area contributed by atoms with Crippen molar-refractivity contribution >= 4 is 6.29 Å². The molecule has 0 saturated carbocycles. The zero-order chi connectivity index (χ0) is 25.9. The molecule has 1 aliphatic rings. The summed E-state index contributed by atoms with van der Waals surface area (Å²) >= 11 is 0. The fourth-order valence-electron chi connectivity index (χ4n) is 4.95. The quantitative estimate of drug-likeness (QED) is 0.296. The molecule has 8 heteroatoms. The van der Waals surface area contributed by atoms with Gasteiger partial charge in [0.15, 0.2) is 6.29 Å². The van der Waals surface area contributed by atoms with Gasteiger partial charge < -0.3 is 14.2 Å². The summed E-state index contributed by atoms with van der Waals surface area (Å²) in [6.07, 6.45) is 1.29. The van der Waals surface area contributed by atoms with Crippen molar-refractivity contribution in [2.24, 2.45) is 0 Å². The number of carbonyl (C=O) groups excluding carboxylic acids is 1. The highest BCUT2D eigenvalue weighted by molar-refractivity contribution is 5.62. The molecule has 1 fully saturated rings. The number of H-pyrrole nitrogens is 1. The summed E-state index contributed by atoms with van der Waals surface area (Å²) in [7, 11) is 1.60. The molecule has 0 spiro atoms. The Balaban J connectivity index is 1.75. The number of aromatic amines is 1. The van der Waals surface area contributed by atoms with Crippen LogP contribution in [0.3, 0.4) is 0 Å². The van der Waals surface area contributed by atoms with E-state index in [-0.39, 0.29) is 6.61 Å². The SMILES string of the molecule is COc1ccc(C(OC2CCOC2(C=O)n2ccc(=O)[nH]c2=O)(c2ccccc2)c2ccccc2)cc1. The van der Waals surface area contributed by atoms with Crippen LogP contribution in [0, 0.1) is 0 Å². The maximum atomic E-state index is 12.8. The normalized spacial score (nSPS) is 19.4. The number of nitrogens with one attached hydrogen (secondary N) is 1. The van der Waals surface area contributed by atoms with E-state index in [0.29, 0.717) is 18.5 Å². The number of hydrogen-bond donors (Lipinski definition) is 1. The Kier molecular flexibility index (Phi) is 6.60. The van der Waals surface area contributed by atoms with Crippen LogP contribution in [-0.4, -0.2) is 35.7 Å². The Labute approximate surface area is 213 Å². The van der Waals surface area contributed by atoms with E-state index in [4.69, 9.17) is 14.2 Å². The molecule has 5 rings (SSSR count). The first-order valence-corrected chi connectivity index (χ1v) is 11.9.